The van der Waals surface area contributed by atoms with Crippen LogP contribution < -0.4 is 5.32 Å². The summed E-state index contributed by atoms with van der Waals surface area (Å²) in [7, 11) is 0. The van der Waals surface area contributed by atoms with E-state index in [4.69, 9.17) is 9.47 Å². The molecule has 0 aliphatic heterocycles. The van der Waals surface area contributed by atoms with Gasteiger partial charge in [0.2, 0.25) is 0 Å². The highest BCUT2D eigenvalue weighted by atomic mass is 16.6. The summed E-state index contributed by atoms with van der Waals surface area (Å²) in [6.07, 6.45) is -0.154. The van der Waals surface area contributed by atoms with Gasteiger partial charge in [-0.15, -0.1) is 0 Å². The Hall–Kier alpha value is -2.64. The van der Waals surface area contributed by atoms with Crippen LogP contribution in [0.5, 0.6) is 0 Å². The lowest BCUT2D eigenvalue weighted by Crippen LogP contribution is -2.52. The number of nitrogens with zero attached hydrogens (tertiary/aromatic N) is 1. The monoisotopic (exact) mass is 366 g/mol. The first-order valence-electron chi connectivity index (χ1n) is 8.35. The van der Waals surface area contributed by atoms with E-state index in [2.05, 4.69) is 5.32 Å². The maximum Gasteiger partial charge on any atom is 0.408 e. The topological polar surface area (TPSA) is 108 Å². The average Bonchev–Trinajstić information content (AvgIpc) is 2.52. The normalized spacial score (nSPS) is 14.7. The van der Waals surface area contributed by atoms with Crippen molar-refractivity contribution < 1.29 is 24.0 Å². The van der Waals surface area contributed by atoms with Crippen LogP contribution in [0.3, 0.4) is 0 Å². The summed E-state index contributed by atoms with van der Waals surface area (Å²) < 4.78 is 10.8. The molecule has 0 saturated heterocycles. The van der Waals surface area contributed by atoms with Crippen LogP contribution in [0.4, 0.5) is 10.5 Å². The second-order valence-electron chi connectivity index (χ2n) is 7.23. The number of alkyl carbamates (subject to hydrolysis) is 1. The predicted molar refractivity (Wildman–Crippen MR) is 96.0 cm³/mol. The second kappa shape index (κ2) is 8.16. The van der Waals surface area contributed by atoms with Crippen molar-refractivity contribution in [3.63, 3.8) is 0 Å². The smallest absolute Gasteiger partial charge is 0.408 e. The molecular weight excluding hydrogens is 340 g/mol. The number of carbonyl (C=O) groups is 2. The molecule has 2 atom stereocenters. The van der Waals surface area contributed by atoms with Crippen LogP contribution in [-0.2, 0) is 9.47 Å². The van der Waals surface area contributed by atoms with Crippen molar-refractivity contribution in [2.45, 2.75) is 65.2 Å². The maximum atomic E-state index is 12.4. The molecule has 0 fully saturated rings. The number of nitro benzene ring substituents is 1. The summed E-state index contributed by atoms with van der Waals surface area (Å²) >= 11 is 0. The standard InChI is InChI=1S/C18H26N2O6/c1-7-18(6,12(2)19-16(22)26-17(3,4)5)25-15(21)13-8-10-14(11-9-13)20(23)24/h8-12H,7H2,1-6H3,(H,19,22)/t12-,18?/m0/s1. The molecule has 0 heterocycles. The van der Waals surface area contributed by atoms with Gasteiger partial charge < -0.3 is 14.8 Å². The maximum absolute atomic E-state index is 12.4. The van der Waals surface area contributed by atoms with E-state index in [-0.39, 0.29) is 11.3 Å². The first-order chi connectivity index (χ1) is 11.9. The molecule has 1 N–H and O–H groups in total. The second-order valence-corrected chi connectivity index (χ2v) is 7.23. The molecule has 1 unspecified atom stereocenters. The zero-order valence-electron chi connectivity index (χ0n) is 16.0. The lowest BCUT2D eigenvalue weighted by atomic mass is 9.94. The van der Waals surface area contributed by atoms with Crippen molar-refractivity contribution >= 4 is 17.7 Å². The van der Waals surface area contributed by atoms with Crippen LogP contribution >= 0.6 is 0 Å². The van der Waals surface area contributed by atoms with Crippen LogP contribution in [0.1, 0.15) is 58.3 Å². The Balaban J connectivity index is 2.83. The van der Waals surface area contributed by atoms with Gasteiger partial charge in [0.1, 0.15) is 11.2 Å². The van der Waals surface area contributed by atoms with Crippen molar-refractivity contribution in [3.05, 3.63) is 39.9 Å². The summed E-state index contributed by atoms with van der Waals surface area (Å²) in [5, 5.41) is 13.4. The molecule has 0 spiro atoms. The molecule has 1 amide bonds. The SMILES string of the molecule is CCC(C)(OC(=O)c1ccc([N+](=O)[O-])cc1)[C@H](C)NC(=O)OC(C)(C)C. The van der Waals surface area contributed by atoms with E-state index in [1.807, 2.05) is 6.92 Å². The molecule has 0 bridgehead atoms. The van der Waals surface area contributed by atoms with Crippen molar-refractivity contribution in [1.82, 2.24) is 5.32 Å². The molecule has 0 aromatic heterocycles. The summed E-state index contributed by atoms with van der Waals surface area (Å²) in [6.45, 7) is 10.5. The highest BCUT2D eigenvalue weighted by molar-refractivity contribution is 5.90. The van der Waals surface area contributed by atoms with E-state index in [1.54, 1.807) is 34.6 Å². The third-order valence-corrected chi connectivity index (χ3v) is 3.99. The molecule has 144 valence electrons. The average molecular weight is 366 g/mol. The van der Waals surface area contributed by atoms with Crippen molar-refractivity contribution in [3.8, 4) is 0 Å². The number of benzene rings is 1. The van der Waals surface area contributed by atoms with Crippen LogP contribution in [0.15, 0.2) is 24.3 Å². The minimum atomic E-state index is -0.976. The molecule has 1 aromatic rings. The summed E-state index contributed by atoms with van der Waals surface area (Å²) in [6, 6.07) is 4.64. The number of amides is 1. The lowest BCUT2D eigenvalue weighted by Gasteiger charge is -2.35. The number of hydrogen-bond donors (Lipinski definition) is 1. The molecule has 0 saturated carbocycles. The predicted octanol–water partition coefficient (Wildman–Crippen LogP) is 3.83. The molecule has 1 aromatic carbocycles. The number of ether oxygens (including phenoxy) is 2. The van der Waals surface area contributed by atoms with Crippen molar-refractivity contribution in [1.29, 1.82) is 0 Å². The number of rotatable bonds is 6. The third-order valence-electron chi connectivity index (χ3n) is 3.99. The van der Waals surface area contributed by atoms with Gasteiger partial charge in [0.15, 0.2) is 0 Å². The zero-order valence-corrected chi connectivity index (χ0v) is 16.0. The Morgan fingerprint density at radius 2 is 1.69 bits per heavy atom. The fraction of sp³-hybridized carbons (Fsp3) is 0.556. The minimum absolute atomic E-state index is 0.111. The largest absolute Gasteiger partial charge is 0.454 e. The lowest BCUT2D eigenvalue weighted by molar-refractivity contribution is -0.384. The van der Waals surface area contributed by atoms with E-state index in [0.717, 1.165) is 0 Å². The Bertz CT molecular complexity index is 665. The van der Waals surface area contributed by atoms with Crippen LogP contribution in [0.25, 0.3) is 0 Å². The molecule has 8 heteroatoms. The van der Waals surface area contributed by atoms with Gasteiger partial charge in [0, 0.05) is 12.1 Å². The zero-order chi connectivity index (χ0) is 20.1. The van der Waals surface area contributed by atoms with Crippen molar-refractivity contribution in [2.24, 2.45) is 0 Å². The number of hydrogen-bond acceptors (Lipinski definition) is 6. The molecular formula is C18H26N2O6. The first kappa shape index (κ1) is 21.4. The number of non-ortho nitro benzene ring substituents is 1. The Labute approximate surface area is 153 Å². The Morgan fingerprint density at radius 3 is 2.12 bits per heavy atom. The van der Waals surface area contributed by atoms with Gasteiger partial charge >= 0.3 is 12.1 Å². The molecule has 0 aliphatic carbocycles. The fourth-order valence-corrected chi connectivity index (χ4v) is 2.09. The van der Waals surface area contributed by atoms with Crippen LogP contribution in [0.2, 0.25) is 0 Å². The van der Waals surface area contributed by atoms with Gasteiger partial charge in [-0.05, 0) is 53.2 Å². The number of esters is 1. The van der Waals surface area contributed by atoms with Gasteiger partial charge in [0.25, 0.3) is 5.69 Å². The van der Waals surface area contributed by atoms with Crippen LogP contribution in [-0.4, -0.2) is 34.2 Å². The highest BCUT2D eigenvalue weighted by Crippen LogP contribution is 2.23. The molecule has 26 heavy (non-hydrogen) atoms. The van der Waals surface area contributed by atoms with Crippen molar-refractivity contribution in [2.75, 3.05) is 0 Å². The van der Waals surface area contributed by atoms with E-state index < -0.39 is 34.2 Å². The third kappa shape index (κ3) is 6.02. The van der Waals surface area contributed by atoms with Gasteiger partial charge in [0.05, 0.1) is 16.5 Å². The number of nitrogens with one attached hydrogen (secondary N) is 1. The van der Waals surface area contributed by atoms with Gasteiger partial charge in [-0.3, -0.25) is 10.1 Å². The summed E-state index contributed by atoms with van der Waals surface area (Å²) in [5.74, 6) is -0.623. The molecule has 0 aliphatic rings. The quantitative estimate of drug-likeness (QED) is 0.466. The van der Waals surface area contributed by atoms with Gasteiger partial charge in [-0.2, -0.15) is 0 Å². The van der Waals surface area contributed by atoms with E-state index >= 15 is 0 Å². The minimum Gasteiger partial charge on any atom is -0.454 e. The first-order valence-corrected chi connectivity index (χ1v) is 8.35. The molecule has 8 nitrogen and oxygen atoms in total. The molecule has 1 rings (SSSR count). The highest BCUT2D eigenvalue weighted by Gasteiger charge is 2.36. The number of carbonyl (C=O) groups excluding carboxylic acids is 2. The Kier molecular flexibility index (Phi) is 6.72. The van der Waals surface area contributed by atoms with Gasteiger partial charge in [-0.25, -0.2) is 9.59 Å². The summed E-state index contributed by atoms with van der Waals surface area (Å²) in [4.78, 5) is 34.5. The number of nitro groups is 1. The van der Waals surface area contributed by atoms with Crippen LogP contribution in [0, 0.1) is 10.1 Å². The van der Waals surface area contributed by atoms with Gasteiger partial charge in [-0.1, -0.05) is 6.92 Å². The Morgan fingerprint density at radius 1 is 1.15 bits per heavy atom. The fourth-order valence-electron chi connectivity index (χ4n) is 2.09. The van der Waals surface area contributed by atoms with E-state index in [0.29, 0.717) is 6.42 Å². The van der Waals surface area contributed by atoms with E-state index in [1.165, 1.54) is 24.3 Å². The molecule has 0 radical (unpaired) electrons. The summed E-state index contributed by atoms with van der Waals surface area (Å²) in [5.41, 5.74) is -1.53. The van der Waals surface area contributed by atoms with E-state index in [9.17, 15) is 19.7 Å².